The zero-order chi connectivity index (χ0) is 13.0. The van der Waals surface area contributed by atoms with Crippen molar-refractivity contribution in [1.29, 1.82) is 0 Å². The quantitative estimate of drug-likeness (QED) is 0.826. The molecule has 0 aliphatic heterocycles. The van der Waals surface area contributed by atoms with Crippen LogP contribution in [0.25, 0.3) is 9.88 Å². The van der Waals surface area contributed by atoms with Crippen LogP contribution in [0.5, 0.6) is 0 Å². The molecule has 98 valence electrons. The van der Waals surface area contributed by atoms with E-state index in [1.165, 1.54) is 0 Å². The van der Waals surface area contributed by atoms with Crippen molar-refractivity contribution in [3.8, 4) is 9.88 Å². The highest BCUT2D eigenvalue weighted by Crippen LogP contribution is 2.33. The predicted molar refractivity (Wildman–Crippen MR) is 75.5 cm³/mol. The van der Waals surface area contributed by atoms with Crippen LogP contribution < -0.4 is 5.32 Å². The lowest BCUT2D eigenvalue weighted by molar-refractivity contribution is 0.211. The highest BCUT2D eigenvalue weighted by Gasteiger charge is 2.14. The largest absolute Gasteiger partial charge is 0.383 e. The van der Waals surface area contributed by atoms with Gasteiger partial charge in [0.2, 0.25) is 5.13 Å². The minimum Gasteiger partial charge on any atom is -0.383 e. The van der Waals surface area contributed by atoms with Crippen molar-refractivity contribution in [3.63, 3.8) is 0 Å². The fraction of sp³-hybridized carbons (Fsp3) is 0.545. The lowest BCUT2D eigenvalue weighted by Gasteiger charge is -1.98. The van der Waals surface area contributed by atoms with Gasteiger partial charge < -0.3 is 10.1 Å². The number of thiazole rings is 1. The highest BCUT2D eigenvalue weighted by molar-refractivity contribution is 7.23. The number of nitrogens with one attached hydrogen (secondary N) is 1. The molecule has 5 nitrogen and oxygen atoms in total. The standard InChI is InChI=1S/C11H16N4OS2/c1-4-8-9(17-7(2)13-8)10-14-15-11(18-10)12-5-6-16-3/h4-6H2,1-3H3,(H,12,15). The Bertz CT molecular complexity index is 509. The number of aromatic nitrogens is 3. The average molecular weight is 284 g/mol. The molecule has 0 spiro atoms. The van der Waals surface area contributed by atoms with E-state index in [0.717, 1.165) is 38.7 Å². The van der Waals surface area contributed by atoms with Crippen LogP contribution in [-0.2, 0) is 11.2 Å². The molecule has 18 heavy (non-hydrogen) atoms. The fourth-order valence-electron chi connectivity index (χ4n) is 1.52. The van der Waals surface area contributed by atoms with Gasteiger partial charge in [-0.15, -0.1) is 21.5 Å². The summed E-state index contributed by atoms with van der Waals surface area (Å²) in [7, 11) is 1.68. The van der Waals surface area contributed by atoms with Crippen LogP contribution in [0.15, 0.2) is 0 Å². The zero-order valence-corrected chi connectivity index (χ0v) is 12.3. The normalized spacial score (nSPS) is 10.8. The monoisotopic (exact) mass is 284 g/mol. The Morgan fingerprint density at radius 2 is 2.11 bits per heavy atom. The molecule has 0 atom stereocenters. The second kappa shape index (κ2) is 6.21. The minimum absolute atomic E-state index is 0.661. The Morgan fingerprint density at radius 1 is 1.28 bits per heavy atom. The molecule has 2 aromatic rings. The third kappa shape index (κ3) is 3.04. The molecule has 2 rings (SSSR count). The van der Waals surface area contributed by atoms with E-state index in [2.05, 4.69) is 27.4 Å². The summed E-state index contributed by atoms with van der Waals surface area (Å²) in [5, 5.41) is 14.4. The molecule has 0 saturated heterocycles. The highest BCUT2D eigenvalue weighted by atomic mass is 32.1. The Morgan fingerprint density at radius 3 is 2.83 bits per heavy atom. The van der Waals surface area contributed by atoms with E-state index in [4.69, 9.17) is 4.74 Å². The van der Waals surface area contributed by atoms with Crippen LogP contribution >= 0.6 is 22.7 Å². The molecular formula is C11H16N4OS2. The van der Waals surface area contributed by atoms with Crippen molar-refractivity contribution in [3.05, 3.63) is 10.7 Å². The molecule has 0 aromatic carbocycles. The van der Waals surface area contributed by atoms with Crippen LogP contribution in [0.1, 0.15) is 17.6 Å². The van der Waals surface area contributed by atoms with Gasteiger partial charge in [-0.3, -0.25) is 0 Å². The van der Waals surface area contributed by atoms with Crippen LogP contribution in [-0.4, -0.2) is 35.4 Å². The summed E-state index contributed by atoms with van der Waals surface area (Å²) < 4.78 is 4.98. The van der Waals surface area contributed by atoms with Gasteiger partial charge in [0, 0.05) is 13.7 Å². The van der Waals surface area contributed by atoms with Gasteiger partial charge in [0.05, 0.1) is 22.2 Å². The Kier molecular flexibility index (Phi) is 4.62. The Hall–Kier alpha value is -1.05. The molecule has 0 radical (unpaired) electrons. The van der Waals surface area contributed by atoms with Crippen LogP contribution in [0, 0.1) is 6.92 Å². The number of ether oxygens (including phenoxy) is 1. The lowest BCUT2D eigenvalue weighted by Crippen LogP contribution is -2.06. The summed E-state index contributed by atoms with van der Waals surface area (Å²) >= 11 is 3.24. The van der Waals surface area contributed by atoms with Crippen molar-refractivity contribution in [2.24, 2.45) is 0 Å². The molecule has 0 bridgehead atoms. The van der Waals surface area contributed by atoms with Crippen molar-refractivity contribution in [1.82, 2.24) is 15.2 Å². The van der Waals surface area contributed by atoms with Crippen molar-refractivity contribution < 1.29 is 4.74 Å². The van der Waals surface area contributed by atoms with Gasteiger partial charge in [-0.25, -0.2) is 4.98 Å². The average Bonchev–Trinajstić information content (AvgIpc) is 2.95. The van der Waals surface area contributed by atoms with Crippen molar-refractivity contribution >= 4 is 27.8 Å². The van der Waals surface area contributed by atoms with E-state index < -0.39 is 0 Å². The summed E-state index contributed by atoms with van der Waals surface area (Å²) in [5.74, 6) is 0. The molecule has 2 heterocycles. The number of nitrogens with zero attached hydrogens (tertiary/aromatic N) is 3. The first-order valence-corrected chi connectivity index (χ1v) is 7.41. The summed E-state index contributed by atoms with van der Waals surface area (Å²) in [5.41, 5.74) is 1.11. The van der Waals surface area contributed by atoms with E-state index >= 15 is 0 Å². The van der Waals surface area contributed by atoms with Crippen molar-refractivity contribution in [2.75, 3.05) is 25.6 Å². The topological polar surface area (TPSA) is 59.9 Å². The third-order valence-corrected chi connectivity index (χ3v) is 4.39. The van der Waals surface area contributed by atoms with Gasteiger partial charge in [-0.1, -0.05) is 18.3 Å². The summed E-state index contributed by atoms with van der Waals surface area (Å²) in [6.45, 7) is 5.53. The van der Waals surface area contributed by atoms with Gasteiger partial charge in [0.1, 0.15) is 0 Å². The number of hydrogen-bond donors (Lipinski definition) is 1. The van der Waals surface area contributed by atoms with E-state index in [-0.39, 0.29) is 0 Å². The second-order valence-corrected chi connectivity index (χ2v) is 5.87. The first kappa shape index (κ1) is 13.4. The van der Waals surface area contributed by atoms with E-state index in [0.29, 0.717) is 6.61 Å². The molecule has 2 aromatic heterocycles. The number of methoxy groups -OCH3 is 1. The van der Waals surface area contributed by atoms with Crippen LogP contribution in [0.3, 0.4) is 0 Å². The molecule has 1 N–H and O–H groups in total. The van der Waals surface area contributed by atoms with Crippen molar-refractivity contribution in [2.45, 2.75) is 20.3 Å². The number of hydrogen-bond acceptors (Lipinski definition) is 7. The van der Waals surface area contributed by atoms with Gasteiger partial charge in [0.25, 0.3) is 0 Å². The maximum absolute atomic E-state index is 4.98. The fourth-order valence-corrected chi connectivity index (χ4v) is 3.39. The Labute approximate surface area is 114 Å². The smallest absolute Gasteiger partial charge is 0.206 e. The van der Waals surface area contributed by atoms with E-state index in [9.17, 15) is 0 Å². The van der Waals surface area contributed by atoms with Gasteiger partial charge in [-0.2, -0.15) is 0 Å². The molecule has 0 amide bonds. The number of anilines is 1. The maximum Gasteiger partial charge on any atom is 0.206 e. The lowest BCUT2D eigenvalue weighted by atomic mass is 10.3. The molecular weight excluding hydrogens is 268 g/mol. The molecule has 0 saturated carbocycles. The minimum atomic E-state index is 0.661. The Balaban J connectivity index is 2.13. The zero-order valence-electron chi connectivity index (χ0n) is 10.7. The summed E-state index contributed by atoms with van der Waals surface area (Å²) in [6.07, 6.45) is 0.922. The number of rotatable bonds is 6. The van der Waals surface area contributed by atoms with E-state index in [1.807, 2.05) is 6.92 Å². The first-order chi connectivity index (χ1) is 8.74. The molecule has 0 aliphatic rings. The molecule has 0 fully saturated rings. The SMILES string of the molecule is CCc1nc(C)sc1-c1nnc(NCCOC)s1. The second-order valence-electron chi connectivity index (χ2n) is 3.69. The summed E-state index contributed by atoms with van der Waals surface area (Å²) in [6, 6.07) is 0. The maximum atomic E-state index is 4.98. The van der Waals surface area contributed by atoms with Gasteiger partial charge in [-0.05, 0) is 13.3 Å². The van der Waals surface area contributed by atoms with Crippen LogP contribution in [0.4, 0.5) is 5.13 Å². The first-order valence-electron chi connectivity index (χ1n) is 5.77. The number of aryl methyl sites for hydroxylation is 2. The van der Waals surface area contributed by atoms with Crippen LogP contribution in [0.2, 0.25) is 0 Å². The van der Waals surface area contributed by atoms with E-state index in [1.54, 1.807) is 29.8 Å². The van der Waals surface area contributed by atoms with Gasteiger partial charge >= 0.3 is 0 Å². The molecule has 0 aliphatic carbocycles. The molecule has 0 unspecified atom stereocenters. The summed E-state index contributed by atoms with van der Waals surface area (Å²) in [4.78, 5) is 5.65. The van der Waals surface area contributed by atoms with Gasteiger partial charge in [0.15, 0.2) is 5.01 Å². The predicted octanol–water partition coefficient (Wildman–Crippen LogP) is 2.59. The molecule has 7 heteroatoms. The third-order valence-electron chi connectivity index (χ3n) is 2.34.